The Hall–Kier alpha value is -2.99. The van der Waals surface area contributed by atoms with E-state index < -0.39 is 5.60 Å². The first kappa shape index (κ1) is 19.3. The van der Waals surface area contributed by atoms with E-state index in [1.165, 1.54) is 11.3 Å². The summed E-state index contributed by atoms with van der Waals surface area (Å²) in [5.41, 5.74) is 9.37. The van der Waals surface area contributed by atoms with Crippen LogP contribution in [-0.4, -0.2) is 24.3 Å². The molecule has 2 aromatic carbocycles. The van der Waals surface area contributed by atoms with Gasteiger partial charge in [-0.05, 0) is 74.9 Å². The number of hydrogen-bond donors (Lipinski definition) is 1. The third kappa shape index (κ3) is 3.68. The molecule has 3 aromatic rings. The molecule has 0 saturated heterocycles. The Kier molecular flexibility index (Phi) is 4.96. The van der Waals surface area contributed by atoms with Crippen LogP contribution in [0.2, 0.25) is 0 Å². The first-order valence-corrected chi connectivity index (χ1v) is 10.3. The molecule has 0 radical (unpaired) electrons. The van der Waals surface area contributed by atoms with Crippen molar-refractivity contribution < 1.29 is 14.2 Å². The summed E-state index contributed by atoms with van der Waals surface area (Å²) < 4.78 is 17.5. The predicted octanol–water partition coefficient (Wildman–Crippen LogP) is 5.65. The molecule has 1 aromatic heterocycles. The van der Waals surface area contributed by atoms with Gasteiger partial charge in [-0.2, -0.15) is 0 Å². The molecule has 1 aliphatic rings. The van der Waals surface area contributed by atoms with Gasteiger partial charge >= 0.3 is 0 Å². The number of fused-ring (bicyclic) bond motifs is 1. The quantitative estimate of drug-likeness (QED) is 0.591. The minimum Gasteiger partial charge on any atom is -0.497 e. The Morgan fingerprint density at radius 3 is 2.59 bits per heavy atom. The molecule has 6 heteroatoms. The lowest BCUT2D eigenvalue weighted by Gasteiger charge is -2.30. The number of methoxy groups -OCH3 is 1. The summed E-state index contributed by atoms with van der Waals surface area (Å²) in [7, 11) is 1.66. The first-order valence-electron chi connectivity index (χ1n) is 9.51. The van der Waals surface area contributed by atoms with Crippen LogP contribution in [0.1, 0.15) is 26.3 Å². The molecule has 2 N–H and O–H groups in total. The van der Waals surface area contributed by atoms with Gasteiger partial charge in [0.15, 0.2) is 5.13 Å². The zero-order valence-corrected chi connectivity index (χ0v) is 17.8. The molecule has 0 amide bonds. The number of thiazole rings is 1. The van der Waals surface area contributed by atoms with E-state index in [2.05, 4.69) is 11.1 Å². The van der Waals surface area contributed by atoms with Gasteiger partial charge in [0.2, 0.25) is 0 Å². The Labute approximate surface area is 174 Å². The minimum atomic E-state index is -0.422. The Morgan fingerprint density at radius 2 is 1.90 bits per heavy atom. The topological polar surface area (TPSA) is 66.6 Å². The predicted molar refractivity (Wildman–Crippen MR) is 119 cm³/mol. The molecule has 0 unspecified atom stereocenters. The van der Waals surface area contributed by atoms with Gasteiger partial charge in [-0.1, -0.05) is 11.3 Å². The summed E-state index contributed by atoms with van der Waals surface area (Å²) in [5.74, 6) is 2.37. The maximum absolute atomic E-state index is 6.37. The minimum absolute atomic E-state index is 0.422. The molecule has 2 heterocycles. The van der Waals surface area contributed by atoms with Gasteiger partial charge in [-0.3, -0.25) is 0 Å². The van der Waals surface area contributed by atoms with Crippen molar-refractivity contribution >= 4 is 22.5 Å². The number of nitrogens with zero attached hydrogens (tertiary/aromatic N) is 1. The molecule has 5 nitrogen and oxygen atoms in total. The molecule has 0 saturated carbocycles. The van der Waals surface area contributed by atoms with Crippen molar-refractivity contribution in [1.82, 2.24) is 4.98 Å². The molecular formula is C23H24N2O3S. The van der Waals surface area contributed by atoms with Crippen LogP contribution < -0.4 is 19.9 Å². The van der Waals surface area contributed by atoms with Crippen LogP contribution in [-0.2, 0) is 0 Å². The largest absolute Gasteiger partial charge is 0.497 e. The van der Waals surface area contributed by atoms with Crippen LogP contribution in [0.25, 0.3) is 27.8 Å². The summed E-state index contributed by atoms with van der Waals surface area (Å²) in [6, 6.07) is 11.9. The highest BCUT2D eigenvalue weighted by Crippen LogP contribution is 2.47. The van der Waals surface area contributed by atoms with E-state index in [0.717, 1.165) is 44.5 Å². The van der Waals surface area contributed by atoms with Crippen molar-refractivity contribution in [3.05, 3.63) is 48.0 Å². The van der Waals surface area contributed by atoms with Crippen LogP contribution >= 0.6 is 11.3 Å². The second-order valence-corrected chi connectivity index (χ2v) is 8.31. The Morgan fingerprint density at radius 1 is 1.14 bits per heavy atom. The zero-order chi connectivity index (χ0) is 20.6. The lowest BCUT2D eigenvalue weighted by molar-refractivity contribution is 0.159. The molecule has 0 aliphatic carbocycles. The van der Waals surface area contributed by atoms with Gasteiger partial charge in [0.05, 0.1) is 29.9 Å². The maximum Gasteiger partial charge on any atom is 0.181 e. The average Bonchev–Trinajstić information content (AvgIpc) is 3.09. The van der Waals surface area contributed by atoms with Crippen molar-refractivity contribution in [3.63, 3.8) is 0 Å². The SMILES string of the molecule is CCOc1ccc(-c2nc(N)sc2-c2ccc(OC)cc2)c2c1C=CC(C)(C)O2. The molecule has 0 bridgehead atoms. The Balaban J connectivity index is 1.89. The van der Waals surface area contributed by atoms with Crippen LogP contribution in [0.4, 0.5) is 5.13 Å². The highest BCUT2D eigenvalue weighted by atomic mass is 32.1. The molecule has 0 atom stereocenters. The first-order chi connectivity index (χ1) is 13.9. The molecule has 0 spiro atoms. The van der Waals surface area contributed by atoms with Crippen molar-refractivity contribution in [2.24, 2.45) is 0 Å². The summed E-state index contributed by atoms with van der Waals surface area (Å²) in [6.07, 6.45) is 4.11. The van der Waals surface area contributed by atoms with Gasteiger partial charge in [-0.25, -0.2) is 4.98 Å². The number of aromatic nitrogens is 1. The zero-order valence-electron chi connectivity index (χ0n) is 17.0. The third-order valence-corrected chi connectivity index (χ3v) is 5.66. The molecule has 0 fully saturated rings. The van der Waals surface area contributed by atoms with Crippen molar-refractivity contribution in [3.8, 4) is 38.9 Å². The van der Waals surface area contributed by atoms with Crippen molar-refractivity contribution in [2.45, 2.75) is 26.4 Å². The fourth-order valence-electron chi connectivity index (χ4n) is 3.36. The van der Waals surface area contributed by atoms with E-state index in [1.807, 2.05) is 63.2 Å². The Bertz CT molecular complexity index is 1070. The van der Waals surface area contributed by atoms with Gasteiger partial charge in [0.1, 0.15) is 22.8 Å². The lowest BCUT2D eigenvalue weighted by Crippen LogP contribution is -2.28. The average molecular weight is 409 g/mol. The summed E-state index contributed by atoms with van der Waals surface area (Å²) in [5, 5.41) is 0.513. The van der Waals surface area contributed by atoms with Gasteiger partial charge in [0, 0.05) is 5.56 Å². The van der Waals surface area contributed by atoms with Crippen molar-refractivity contribution in [1.29, 1.82) is 0 Å². The van der Waals surface area contributed by atoms with Gasteiger partial charge in [-0.15, -0.1) is 0 Å². The molecular weight excluding hydrogens is 384 g/mol. The number of anilines is 1. The van der Waals surface area contributed by atoms with Gasteiger partial charge < -0.3 is 19.9 Å². The summed E-state index contributed by atoms with van der Waals surface area (Å²) in [6.45, 7) is 6.62. The van der Waals surface area contributed by atoms with Crippen LogP contribution in [0.3, 0.4) is 0 Å². The fraction of sp³-hybridized carbons (Fsp3) is 0.261. The number of nitrogen functional groups attached to an aromatic ring is 1. The number of ether oxygens (including phenoxy) is 3. The van der Waals surface area contributed by atoms with E-state index in [4.69, 9.17) is 19.9 Å². The highest BCUT2D eigenvalue weighted by Gasteiger charge is 2.29. The maximum atomic E-state index is 6.37. The standard InChI is InChI=1S/C23H24N2O3S/c1-5-27-18-11-10-17(20-16(18)12-13-23(2,3)28-20)19-21(29-22(24)25-19)14-6-8-15(26-4)9-7-14/h6-13H,5H2,1-4H3,(H2,24,25). The van der Waals surface area contributed by atoms with Crippen LogP contribution in [0, 0.1) is 0 Å². The third-order valence-electron chi connectivity index (χ3n) is 4.72. The lowest BCUT2D eigenvalue weighted by atomic mass is 9.96. The summed E-state index contributed by atoms with van der Waals surface area (Å²) in [4.78, 5) is 5.64. The van der Waals surface area contributed by atoms with E-state index in [1.54, 1.807) is 7.11 Å². The number of rotatable bonds is 5. The highest BCUT2D eigenvalue weighted by molar-refractivity contribution is 7.19. The fourth-order valence-corrected chi connectivity index (χ4v) is 4.21. The van der Waals surface area contributed by atoms with E-state index in [0.29, 0.717) is 11.7 Å². The van der Waals surface area contributed by atoms with Crippen LogP contribution in [0.15, 0.2) is 42.5 Å². The van der Waals surface area contributed by atoms with E-state index in [-0.39, 0.29) is 0 Å². The monoisotopic (exact) mass is 408 g/mol. The second-order valence-electron chi connectivity index (χ2n) is 7.28. The molecule has 29 heavy (non-hydrogen) atoms. The van der Waals surface area contributed by atoms with Gasteiger partial charge in [0.25, 0.3) is 0 Å². The summed E-state index contributed by atoms with van der Waals surface area (Å²) >= 11 is 1.46. The molecule has 1 aliphatic heterocycles. The van der Waals surface area contributed by atoms with Crippen molar-refractivity contribution in [2.75, 3.05) is 19.5 Å². The number of benzene rings is 2. The number of hydrogen-bond acceptors (Lipinski definition) is 6. The number of nitrogens with two attached hydrogens (primary N) is 1. The molecule has 150 valence electrons. The smallest absolute Gasteiger partial charge is 0.181 e. The van der Waals surface area contributed by atoms with Crippen LogP contribution in [0.5, 0.6) is 17.2 Å². The second kappa shape index (κ2) is 7.44. The van der Waals surface area contributed by atoms with E-state index >= 15 is 0 Å². The molecule has 4 rings (SSSR count). The van der Waals surface area contributed by atoms with E-state index in [9.17, 15) is 0 Å². The normalized spacial score (nSPS) is 14.2.